The Labute approximate surface area is 115 Å². The number of carbonyl (C=O) groups excluding carboxylic acids is 1. The van der Waals surface area contributed by atoms with Gasteiger partial charge in [-0.3, -0.25) is 4.79 Å². The Kier molecular flexibility index (Phi) is 3.25. The van der Waals surface area contributed by atoms with Crippen molar-refractivity contribution in [3.05, 3.63) is 35.4 Å². The van der Waals surface area contributed by atoms with Crippen LogP contribution in [0.3, 0.4) is 0 Å². The summed E-state index contributed by atoms with van der Waals surface area (Å²) in [6.07, 6.45) is 2.01. The molecule has 0 radical (unpaired) electrons. The van der Waals surface area contributed by atoms with E-state index in [0.29, 0.717) is 11.7 Å². The quantitative estimate of drug-likeness (QED) is 0.829. The Bertz CT molecular complexity index is 502. The number of nitrogens with zero attached hydrogens (tertiary/aromatic N) is 1. The second-order valence-electron chi connectivity index (χ2n) is 5.22. The zero-order valence-electron chi connectivity index (χ0n) is 10.6. The van der Waals surface area contributed by atoms with E-state index in [1.54, 1.807) is 4.90 Å². The highest BCUT2D eigenvalue weighted by Gasteiger charge is 2.44. The predicted molar refractivity (Wildman–Crippen MR) is 70.6 cm³/mol. The smallest absolute Gasteiger partial charge is 0.234 e. The third kappa shape index (κ3) is 2.04. The molecule has 0 spiro atoms. The molecule has 1 heterocycles. The van der Waals surface area contributed by atoms with Crippen LogP contribution in [-0.2, 0) is 4.79 Å². The van der Waals surface area contributed by atoms with Crippen LogP contribution in [-0.4, -0.2) is 22.6 Å². The SMILES string of the molecule is CC1CCC1N1C(=O)CSC1c1c(F)cccc1F. The molecule has 3 unspecified atom stereocenters. The minimum absolute atomic E-state index is 0.00537. The van der Waals surface area contributed by atoms with E-state index in [1.807, 2.05) is 0 Å². The van der Waals surface area contributed by atoms with Crippen molar-refractivity contribution in [3.8, 4) is 0 Å². The third-order valence-corrected chi connectivity index (χ3v) is 5.28. The summed E-state index contributed by atoms with van der Waals surface area (Å²) in [6, 6.07) is 3.99. The average molecular weight is 283 g/mol. The number of halogens is 2. The first-order valence-corrected chi connectivity index (χ1v) is 7.51. The van der Waals surface area contributed by atoms with E-state index < -0.39 is 17.0 Å². The van der Waals surface area contributed by atoms with E-state index in [0.717, 1.165) is 12.8 Å². The maximum atomic E-state index is 13.9. The lowest BCUT2D eigenvalue weighted by atomic mass is 9.79. The number of amides is 1. The van der Waals surface area contributed by atoms with E-state index in [-0.39, 0.29) is 17.5 Å². The molecule has 3 atom stereocenters. The van der Waals surface area contributed by atoms with Gasteiger partial charge in [-0.15, -0.1) is 11.8 Å². The van der Waals surface area contributed by atoms with Crippen LogP contribution in [0.2, 0.25) is 0 Å². The monoisotopic (exact) mass is 283 g/mol. The highest BCUT2D eigenvalue weighted by atomic mass is 32.2. The van der Waals surface area contributed by atoms with Gasteiger partial charge in [0.1, 0.15) is 17.0 Å². The van der Waals surface area contributed by atoms with Crippen LogP contribution in [0.4, 0.5) is 8.78 Å². The lowest BCUT2D eigenvalue weighted by molar-refractivity contribution is -0.133. The number of rotatable bonds is 2. The van der Waals surface area contributed by atoms with Crippen LogP contribution < -0.4 is 0 Å². The van der Waals surface area contributed by atoms with Crippen LogP contribution in [0.5, 0.6) is 0 Å². The Hall–Kier alpha value is -1.10. The second-order valence-corrected chi connectivity index (χ2v) is 6.29. The number of hydrogen-bond acceptors (Lipinski definition) is 2. The summed E-state index contributed by atoms with van der Waals surface area (Å²) in [4.78, 5) is 13.7. The highest BCUT2D eigenvalue weighted by Crippen LogP contribution is 2.46. The second kappa shape index (κ2) is 4.78. The van der Waals surface area contributed by atoms with Crippen molar-refractivity contribution < 1.29 is 13.6 Å². The molecule has 1 aliphatic heterocycles. The standard InChI is InChI=1S/C14H15F2NOS/c1-8-5-6-11(8)17-12(18)7-19-14(17)13-9(15)3-2-4-10(13)16/h2-4,8,11,14H,5-7H2,1H3. The van der Waals surface area contributed by atoms with Crippen molar-refractivity contribution in [2.75, 3.05) is 5.75 Å². The fourth-order valence-electron chi connectivity index (χ4n) is 2.83. The fourth-order valence-corrected chi connectivity index (χ4v) is 4.10. The molecular formula is C14H15F2NOS. The Balaban J connectivity index is 1.97. The van der Waals surface area contributed by atoms with Gasteiger partial charge in [0.25, 0.3) is 0 Å². The number of hydrogen-bond donors (Lipinski definition) is 0. The van der Waals surface area contributed by atoms with Gasteiger partial charge in [0, 0.05) is 6.04 Å². The molecule has 102 valence electrons. The zero-order valence-corrected chi connectivity index (χ0v) is 11.4. The maximum absolute atomic E-state index is 13.9. The molecule has 0 aromatic heterocycles. The molecule has 0 N–H and O–H groups in total. The largest absolute Gasteiger partial charge is 0.322 e. The topological polar surface area (TPSA) is 20.3 Å². The van der Waals surface area contributed by atoms with Crippen LogP contribution in [0.25, 0.3) is 0 Å². The molecule has 2 fully saturated rings. The van der Waals surface area contributed by atoms with Crippen LogP contribution >= 0.6 is 11.8 Å². The number of thioether (sulfide) groups is 1. The normalized spacial score (nSPS) is 30.6. The van der Waals surface area contributed by atoms with Crippen LogP contribution in [0, 0.1) is 17.6 Å². The minimum Gasteiger partial charge on any atom is -0.322 e. The molecule has 1 amide bonds. The van der Waals surface area contributed by atoms with Crippen molar-refractivity contribution in [2.24, 2.45) is 5.92 Å². The van der Waals surface area contributed by atoms with E-state index in [2.05, 4.69) is 6.92 Å². The summed E-state index contributed by atoms with van der Waals surface area (Å²) < 4.78 is 27.8. The first kappa shape index (κ1) is 12.9. The van der Waals surface area contributed by atoms with Crippen LogP contribution in [0.15, 0.2) is 18.2 Å². The summed E-state index contributed by atoms with van der Waals surface area (Å²) >= 11 is 1.32. The first-order valence-electron chi connectivity index (χ1n) is 6.46. The molecule has 2 aliphatic rings. The molecule has 19 heavy (non-hydrogen) atoms. The average Bonchev–Trinajstić information content (AvgIpc) is 2.70. The van der Waals surface area contributed by atoms with E-state index in [9.17, 15) is 13.6 Å². The Morgan fingerprint density at radius 2 is 1.95 bits per heavy atom. The van der Waals surface area contributed by atoms with Gasteiger partial charge in [-0.25, -0.2) is 8.78 Å². The lowest BCUT2D eigenvalue weighted by Gasteiger charge is -2.43. The van der Waals surface area contributed by atoms with E-state index in [4.69, 9.17) is 0 Å². The molecule has 3 rings (SSSR count). The van der Waals surface area contributed by atoms with E-state index in [1.165, 1.54) is 30.0 Å². The molecule has 0 bridgehead atoms. The maximum Gasteiger partial charge on any atom is 0.234 e. The van der Waals surface area contributed by atoms with E-state index >= 15 is 0 Å². The molecule has 1 aliphatic carbocycles. The van der Waals surface area contributed by atoms with Crippen molar-refractivity contribution in [3.63, 3.8) is 0 Å². The van der Waals surface area contributed by atoms with Gasteiger partial charge in [0.2, 0.25) is 5.91 Å². The molecular weight excluding hydrogens is 268 g/mol. The summed E-state index contributed by atoms with van der Waals surface area (Å²) in [5.74, 6) is -0.413. The highest BCUT2D eigenvalue weighted by molar-refractivity contribution is 8.00. The van der Waals surface area contributed by atoms with Crippen molar-refractivity contribution >= 4 is 17.7 Å². The molecule has 1 aromatic carbocycles. The summed E-state index contributed by atoms with van der Waals surface area (Å²) in [5, 5.41) is -0.513. The van der Waals surface area contributed by atoms with Crippen molar-refractivity contribution in [2.45, 2.75) is 31.2 Å². The number of carbonyl (C=O) groups is 1. The van der Waals surface area contributed by atoms with Crippen molar-refractivity contribution in [1.29, 1.82) is 0 Å². The summed E-state index contributed by atoms with van der Waals surface area (Å²) in [6.45, 7) is 2.08. The predicted octanol–water partition coefficient (Wildman–Crippen LogP) is 3.34. The van der Waals surface area contributed by atoms with Crippen LogP contribution in [0.1, 0.15) is 30.7 Å². The zero-order chi connectivity index (χ0) is 13.6. The molecule has 1 saturated carbocycles. The van der Waals surface area contributed by atoms with Gasteiger partial charge in [-0.05, 0) is 30.9 Å². The third-order valence-electron chi connectivity index (χ3n) is 4.08. The van der Waals surface area contributed by atoms with Gasteiger partial charge in [-0.2, -0.15) is 0 Å². The fraction of sp³-hybridized carbons (Fsp3) is 0.500. The molecule has 2 nitrogen and oxygen atoms in total. The Morgan fingerprint density at radius 3 is 2.47 bits per heavy atom. The number of benzene rings is 1. The van der Waals surface area contributed by atoms with Gasteiger partial charge in [0.05, 0.1) is 11.3 Å². The van der Waals surface area contributed by atoms with Gasteiger partial charge < -0.3 is 4.90 Å². The van der Waals surface area contributed by atoms with Gasteiger partial charge in [-0.1, -0.05) is 13.0 Å². The van der Waals surface area contributed by atoms with Crippen molar-refractivity contribution in [1.82, 2.24) is 4.90 Å². The Morgan fingerprint density at radius 1 is 1.26 bits per heavy atom. The first-order chi connectivity index (χ1) is 9.09. The summed E-state index contributed by atoms with van der Waals surface area (Å²) in [7, 11) is 0. The molecule has 1 aromatic rings. The lowest BCUT2D eigenvalue weighted by Crippen LogP contribution is -2.48. The molecule has 1 saturated heterocycles. The van der Waals surface area contributed by atoms with Gasteiger partial charge >= 0.3 is 0 Å². The molecule has 5 heteroatoms. The summed E-state index contributed by atoms with van der Waals surface area (Å²) in [5.41, 5.74) is 0.0254. The van der Waals surface area contributed by atoms with Gasteiger partial charge in [0.15, 0.2) is 0 Å². The minimum atomic E-state index is -0.566.